The lowest BCUT2D eigenvalue weighted by atomic mass is 10.1. The number of benzene rings is 2. The highest BCUT2D eigenvalue weighted by Crippen LogP contribution is 2.25. The summed E-state index contributed by atoms with van der Waals surface area (Å²) in [4.78, 5) is 3.18. The van der Waals surface area contributed by atoms with Crippen molar-refractivity contribution in [2.75, 3.05) is 0 Å². The van der Waals surface area contributed by atoms with Gasteiger partial charge in [0.1, 0.15) is 0 Å². The molecule has 0 aliphatic carbocycles. The van der Waals surface area contributed by atoms with Crippen LogP contribution in [0.5, 0.6) is 0 Å². The smallest absolute Gasteiger partial charge is 0.182 e. The van der Waals surface area contributed by atoms with Gasteiger partial charge in [-0.15, -0.1) is 0 Å². The van der Waals surface area contributed by atoms with Crippen LogP contribution in [0.1, 0.15) is 12.5 Å². The van der Waals surface area contributed by atoms with Crippen LogP contribution in [0.15, 0.2) is 42.5 Å². The van der Waals surface area contributed by atoms with Crippen molar-refractivity contribution in [3.05, 3.63) is 57.8 Å². The van der Waals surface area contributed by atoms with Crippen LogP contribution in [-0.2, 0) is 6.42 Å². The van der Waals surface area contributed by atoms with E-state index in [2.05, 4.69) is 36.2 Å². The van der Waals surface area contributed by atoms with E-state index in [-0.39, 0.29) is 0 Å². The average molecular weight is 289 g/mol. The van der Waals surface area contributed by atoms with Crippen LogP contribution in [-0.4, -0.2) is 9.55 Å². The van der Waals surface area contributed by atoms with E-state index in [0.29, 0.717) is 9.79 Å². The van der Waals surface area contributed by atoms with Gasteiger partial charge in [0.2, 0.25) is 0 Å². The largest absolute Gasteiger partial charge is 0.329 e. The number of H-pyrrole nitrogens is 1. The Morgan fingerprint density at radius 3 is 2.79 bits per heavy atom. The van der Waals surface area contributed by atoms with Gasteiger partial charge in [-0.1, -0.05) is 36.7 Å². The number of aromatic amines is 1. The summed E-state index contributed by atoms with van der Waals surface area (Å²) >= 11 is 11.6. The molecule has 4 heteroatoms. The molecule has 1 heterocycles. The van der Waals surface area contributed by atoms with E-state index in [0.717, 1.165) is 23.1 Å². The van der Waals surface area contributed by atoms with E-state index in [1.807, 2.05) is 22.8 Å². The van der Waals surface area contributed by atoms with Gasteiger partial charge >= 0.3 is 0 Å². The van der Waals surface area contributed by atoms with E-state index in [9.17, 15) is 0 Å². The second kappa shape index (κ2) is 4.83. The topological polar surface area (TPSA) is 20.7 Å². The molecule has 0 amide bonds. The molecule has 96 valence electrons. The molecule has 0 radical (unpaired) electrons. The summed E-state index contributed by atoms with van der Waals surface area (Å²) in [5.41, 5.74) is 4.25. The number of fused-ring (bicyclic) bond motifs is 1. The SMILES string of the molecule is CCc1cccc(-n2c(=S)[nH]c3c(Cl)cccc32)c1. The lowest BCUT2D eigenvalue weighted by molar-refractivity contribution is 1.05. The first-order chi connectivity index (χ1) is 9.20. The summed E-state index contributed by atoms with van der Waals surface area (Å²) < 4.78 is 2.69. The lowest BCUT2D eigenvalue weighted by Gasteiger charge is -2.06. The molecule has 3 aromatic rings. The number of hydrogen-bond acceptors (Lipinski definition) is 1. The van der Waals surface area contributed by atoms with Gasteiger partial charge in [0, 0.05) is 5.69 Å². The standard InChI is InChI=1S/C15H13ClN2S/c1-2-10-5-3-6-11(9-10)18-13-8-4-7-12(16)14(13)17-15(18)19/h3-9H,2H2,1H3,(H,17,19). The number of hydrogen-bond donors (Lipinski definition) is 1. The third kappa shape index (κ3) is 2.09. The molecular weight excluding hydrogens is 276 g/mol. The molecule has 2 aromatic carbocycles. The molecule has 0 saturated carbocycles. The number of halogens is 1. The van der Waals surface area contributed by atoms with Gasteiger partial charge in [-0.3, -0.25) is 4.57 Å². The summed E-state index contributed by atoms with van der Waals surface area (Å²) in [6.45, 7) is 2.14. The van der Waals surface area contributed by atoms with Crippen LogP contribution < -0.4 is 0 Å². The fraction of sp³-hybridized carbons (Fsp3) is 0.133. The minimum absolute atomic E-state index is 0.663. The van der Waals surface area contributed by atoms with E-state index in [4.69, 9.17) is 23.8 Å². The predicted molar refractivity (Wildman–Crippen MR) is 82.8 cm³/mol. The second-order valence-corrected chi connectivity index (χ2v) is 5.22. The zero-order valence-electron chi connectivity index (χ0n) is 10.5. The first-order valence-corrected chi connectivity index (χ1v) is 6.98. The van der Waals surface area contributed by atoms with Gasteiger partial charge in [0.05, 0.1) is 16.1 Å². The van der Waals surface area contributed by atoms with Crippen molar-refractivity contribution in [3.8, 4) is 5.69 Å². The summed E-state index contributed by atoms with van der Waals surface area (Å²) in [5, 5.41) is 0.689. The maximum atomic E-state index is 6.20. The van der Waals surface area contributed by atoms with Gasteiger partial charge in [0.15, 0.2) is 4.77 Å². The van der Waals surface area contributed by atoms with Crippen molar-refractivity contribution >= 4 is 34.9 Å². The normalized spacial score (nSPS) is 11.1. The minimum Gasteiger partial charge on any atom is -0.329 e. The van der Waals surface area contributed by atoms with E-state index in [1.165, 1.54) is 5.56 Å². The number of nitrogens with zero attached hydrogens (tertiary/aromatic N) is 1. The minimum atomic E-state index is 0.663. The first-order valence-electron chi connectivity index (χ1n) is 6.19. The Labute approximate surface area is 121 Å². The van der Waals surface area contributed by atoms with Crippen molar-refractivity contribution in [2.24, 2.45) is 0 Å². The van der Waals surface area contributed by atoms with Gasteiger partial charge in [-0.2, -0.15) is 0 Å². The molecule has 19 heavy (non-hydrogen) atoms. The summed E-state index contributed by atoms with van der Waals surface area (Å²) in [5.74, 6) is 0. The number of aryl methyl sites for hydroxylation is 1. The Bertz CT molecular complexity index is 801. The van der Waals surface area contributed by atoms with Crippen LogP contribution >= 0.6 is 23.8 Å². The number of imidazole rings is 1. The molecule has 0 unspecified atom stereocenters. The van der Waals surface area contributed by atoms with Crippen LogP contribution in [0.25, 0.3) is 16.7 Å². The lowest BCUT2D eigenvalue weighted by Crippen LogP contribution is -1.95. The number of nitrogens with one attached hydrogen (secondary N) is 1. The molecule has 3 rings (SSSR count). The highest BCUT2D eigenvalue weighted by molar-refractivity contribution is 7.71. The highest BCUT2D eigenvalue weighted by Gasteiger charge is 2.08. The Morgan fingerprint density at radius 1 is 1.21 bits per heavy atom. The molecule has 0 saturated heterocycles. The van der Waals surface area contributed by atoms with Crippen molar-refractivity contribution in [3.63, 3.8) is 0 Å². The Morgan fingerprint density at radius 2 is 2.00 bits per heavy atom. The first kappa shape index (κ1) is 12.5. The van der Waals surface area contributed by atoms with Crippen molar-refractivity contribution in [1.29, 1.82) is 0 Å². The third-order valence-corrected chi connectivity index (χ3v) is 3.84. The average Bonchev–Trinajstić information content (AvgIpc) is 2.77. The Kier molecular flexibility index (Phi) is 3.17. The fourth-order valence-electron chi connectivity index (χ4n) is 2.27. The summed E-state index contributed by atoms with van der Waals surface area (Å²) in [6.07, 6.45) is 1.00. The zero-order valence-corrected chi connectivity index (χ0v) is 12.1. The van der Waals surface area contributed by atoms with E-state index in [1.54, 1.807) is 0 Å². The van der Waals surface area contributed by atoms with E-state index < -0.39 is 0 Å². The maximum absolute atomic E-state index is 6.20. The number of para-hydroxylation sites is 1. The summed E-state index contributed by atoms with van der Waals surface area (Å²) in [7, 11) is 0. The van der Waals surface area contributed by atoms with Crippen molar-refractivity contribution < 1.29 is 0 Å². The second-order valence-electron chi connectivity index (χ2n) is 4.42. The fourth-order valence-corrected chi connectivity index (χ4v) is 2.79. The monoisotopic (exact) mass is 288 g/mol. The molecule has 0 aliphatic rings. The quantitative estimate of drug-likeness (QED) is 0.665. The molecule has 0 aliphatic heterocycles. The molecule has 0 bridgehead atoms. The predicted octanol–water partition coefficient (Wildman–Crippen LogP) is 4.90. The number of rotatable bonds is 2. The van der Waals surface area contributed by atoms with Gasteiger partial charge in [0.25, 0.3) is 0 Å². The molecule has 1 aromatic heterocycles. The highest BCUT2D eigenvalue weighted by atomic mass is 35.5. The molecule has 0 atom stereocenters. The maximum Gasteiger partial charge on any atom is 0.182 e. The molecule has 1 N–H and O–H groups in total. The van der Waals surface area contributed by atoms with E-state index >= 15 is 0 Å². The van der Waals surface area contributed by atoms with Crippen LogP contribution in [0.3, 0.4) is 0 Å². The zero-order chi connectivity index (χ0) is 13.4. The van der Waals surface area contributed by atoms with Crippen LogP contribution in [0.4, 0.5) is 0 Å². The molecule has 0 spiro atoms. The van der Waals surface area contributed by atoms with Crippen LogP contribution in [0, 0.1) is 4.77 Å². The van der Waals surface area contributed by atoms with Gasteiger partial charge in [-0.05, 0) is 48.5 Å². The molecule has 0 fully saturated rings. The van der Waals surface area contributed by atoms with Crippen molar-refractivity contribution in [2.45, 2.75) is 13.3 Å². The van der Waals surface area contributed by atoms with Crippen LogP contribution in [0.2, 0.25) is 5.02 Å². The summed E-state index contributed by atoms with van der Waals surface area (Å²) in [6, 6.07) is 14.2. The molecule has 2 nitrogen and oxygen atoms in total. The third-order valence-electron chi connectivity index (χ3n) is 3.24. The van der Waals surface area contributed by atoms with Crippen molar-refractivity contribution in [1.82, 2.24) is 9.55 Å². The Balaban J connectivity index is 2.33. The molecular formula is C15H13ClN2S. The van der Waals surface area contributed by atoms with Gasteiger partial charge < -0.3 is 4.98 Å². The number of aromatic nitrogens is 2. The Hall–Kier alpha value is -1.58. The van der Waals surface area contributed by atoms with Gasteiger partial charge in [-0.25, -0.2) is 0 Å².